The van der Waals surface area contributed by atoms with Crippen LogP contribution < -0.4 is 4.74 Å². The standard InChI is InChI=1S/C26H21N3O6S/c1-35-18-8-9-20-19(13-18)16(14-27-20)10-11-28-23(21-3-2-12-36-21)22(25(31)26(28)32)24(30)15-4-6-17(7-5-15)29(33)34/h2-9,12-14,23,27,30H,10-11H2,1H3/t23-/m0/s1. The van der Waals surface area contributed by atoms with Gasteiger partial charge in [-0.05, 0) is 53.8 Å². The normalized spacial score (nSPS) is 17.1. The SMILES string of the molecule is COc1ccc2[nH]cc(CCN3C(=O)C(=O)C(=C(O)c4ccc([N+](=O)[O-])cc4)[C@@H]3c3cccs3)c2c1. The highest BCUT2D eigenvalue weighted by molar-refractivity contribution is 7.10. The number of hydrogen-bond donors (Lipinski definition) is 2. The van der Waals surface area contributed by atoms with Gasteiger partial charge in [-0.15, -0.1) is 11.3 Å². The van der Waals surface area contributed by atoms with E-state index >= 15 is 0 Å². The first-order valence-corrected chi connectivity index (χ1v) is 12.0. The molecule has 0 saturated carbocycles. The van der Waals surface area contributed by atoms with Crippen LogP contribution in [-0.4, -0.2) is 45.3 Å². The Bertz CT molecular complexity index is 1500. The molecule has 2 aromatic carbocycles. The topological polar surface area (TPSA) is 126 Å². The molecule has 1 aliphatic rings. The van der Waals surface area contributed by atoms with E-state index in [2.05, 4.69) is 4.98 Å². The number of nitrogens with one attached hydrogen (secondary N) is 1. The molecule has 1 aliphatic heterocycles. The van der Waals surface area contributed by atoms with Gasteiger partial charge in [0.1, 0.15) is 11.5 Å². The third-order valence-corrected chi connectivity index (χ3v) is 7.23. The minimum atomic E-state index is -0.787. The number of ether oxygens (including phenoxy) is 1. The van der Waals surface area contributed by atoms with Gasteiger partial charge in [-0.1, -0.05) is 6.07 Å². The number of benzene rings is 2. The van der Waals surface area contributed by atoms with Crippen molar-refractivity contribution in [1.29, 1.82) is 0 Å². The lowest BCUT2D eigenvalue weighted by molar-refractivity contribution is -0.384. The number of carbonyl (C=O) groups excluding carboxylic acids is 2. The third kappa shape index (κ3) is 4.01. The number of non-ortho nitro benzene ring substituents is 1. The van der Waals surface area contributed by atoms with Crippen LogP contribution in [0, 0.1) is 10.1 Å². The van der Waals surface area contributed by atoms with E-state index in [4.69, 9.17) is 4.74 Å². The molecule has 4 aromatic rings. The molecule has 1 fully saturated rings. The predicted molar refractivity (Wildman–Crippen MR) is 135 cm³/mol. The first-order chi connectivity index (χ1) is 17.4. The fraction of sp³-hybridized carbons (Fsp3) is 0.154. The van der Waals surface area contributed by atoms with Crippen molar-refractivity contribution < 1.29 is 24.4 Å². The van der Waals surface area contributed by atoms with Crippen LogP contribution in [-0.2, 0) is 16.0 Å². The van der Waals surface area contributed by atoms with Crippen LogP contribution in [0.4, 0.5) is 5.69 Å². The number of aromatic nitrogens is 1. The molecule has 2 aromatic heterocycles. The van der Waals surface area contributed by atoms with E-state index in [0.29, 0.717) is 12.2 Å². The molecular formula is C26H21N3O6S. The van der Waals surface area contributed by atoms with Gasteiger partial charge in [0.05, 0.1) is 23.6 Å². The Labute approximate surface area is 209 Å². The molecule has 0 bridgehead atoms. The van der Waals surface area contributed by atoms with Crippen LogP contribution in [0.15, 0.2) is 71.7 Å². The van der Waals surface area contributed by atoms with Crippen LogP contribution in [0.5, 0.6) is 5.75 Å². The summed E-state index contributed by atoms with van der Waals surface area (Å²) in [6, 6.07) is 13.8. The minimum absolute atomic E-state index is 0.0306. The van der Waals surface area contributed by atoms with Crippen molar-refractivity contribution in [2.24, 2.45) is 0 Å². The zero-order chi connectivity index (χ0) is 25.4. The number of nitrogens with zero attached hydrogens (tertiary/aromatic N) is 2. The number of amides is 1. The van der Waals surface area contributed by atoms with Gasteiger partial charge < -0.3 is 19.7 Å². The first-order valence-electron chi connectivity index (χ1n) is 11.1. The summed E-state index contributed by atoms with van der Waals surface area (Å²) < 4.78 is 5.33. The number of aliphatic hydroxyl groups excluding tert-OH is 1. The van der Waals surface area contributed by atoms with Gasteiger partial charge in [-0.2, -0.15) is 0 Å². The highest BCUT2D eigenvalue weighted by Gasteiger charge is 2.46. The van der Waals surface area contributed by atoms with E-state index in [1.807, 2.05) is 41.9 Å². The van der Waals surface area contributed by atoms with Crippen LogP contribution in [0.2, 0.25) is 0 Å². The average Bonchev–Trinajstić information content (AvgIpc) is 3.61. The second kappa shape index (κ2) is 9.31. The van der Waals surface area contributed by atoms with Crippen LogP contribution in [0.25, 0.3) is 16.7 Å². The number of hydrogen-bond acceptors (Lipinski definition) is 7. The maximum Gasteiger partial charge on any atom is 0.295 e. The summed E-state index contributed by atoms with van der Waals surface area (Å²) in [6.07, 6.45) is 2.34. The summed E-state index contributed by atoms with van der Waals surface area (Å²) in [5, 5.41) is 24.9. The number of likely N-dealkylation sites (tertiary alicyclic amines) is 1. The molecule has 0 unspecified atom stereocenters. The number of ketones is 1. The molecule has 36 heavy (non-hydrogen) atoms. The van der Waals surface area contributed by atoms with E-state index in [0.717, 1.165) is 21.3 Å². The van der Waals surface area contributed by atoms with Crippen molar-refractivity contribution in [3.63, 3.8) is 0 Å². The predicted octanol–water partition coefficient (Wildman–Crippen LogP) is 4.81. The number of methoxy groups -OCH3 is 1. The summed E-state index contributed by atoms with van der Waals surface area (Å²) in [4.78, 5) is 42.1. The number of rotatable bonds is 7. The molecule has 9 nitrogen and oxygen atoms in total. The number of nitro benzene ring substituents is 1. The monoisotopic (exact) mass is 503 g/mol. The summed E-state index contributed by atoms with van der Waals surface area (Å²) in [5.41, 5.74) is 1.95. The van der Waals surface area contributed by atoms with Crippen LogP contribution in [0.3, 0.4) is 0 Å². The largest absolute Gasteiger partial charge is 0.507 e. The quantitative estimate of drug-likeness (QED) is 0.123. The van der Waals surface area contributed by atoms with Gasteiger partial charge in [0.2, 0.25) is 0 Å². The van der Waals surface area contributed by atoms with Crippen molar-refractivity contribution in [1.82, 2.24) is 9.88 Å². The number of fused-ring (bicyclic) bond motifs is 1. The van der Waals surface area contributed by atoms with Gasteiger partial charge >= 0.3 is 0 Å². The van der Waals surface area contributed by atoms with E-state index in [-0.39, 0.29) is 29.1 Å². The summed E-state index contributed by atoms with van der Waals surface area (Å²) >= 11 is 1.38. The lowest BCUT2D eigenvalue weighted by Gasteiger charge is -2.24. The first kappa shape index (κ1) is 23.3. The van der Waals surface area contributed by atoms with Crippen molar-refractivity contribution in [2.75, 3.05) is 13.7 Å². The molecule has 5 rings (SSSR count). The zero-order valence-electron chi connectivity index (χ0n) is 19.1. The lowest BCUT2D eigenvalue weighted by atomic mass is 9.99. The third-order valence-electron chi connectivity index (χ3n) is 6.30. The maximum atomic E-state index is 13.1. The fourth-order valence-corrected chi connectivity index (χ4v) is 5.33. The Morgan fingerprint density at radius 2 is 1.97 bits per heavy atom. The van der Waals surface area contributed by atoms with Gasteiger partial charge in [0.25, 0.3) is 17.4 Å². The zero-order valence-corrected chi connectivity index (χ0v) is 20.0. The summed E-state index contributed by atoms with van der Waals surface area (Å²) in [6.45, 7) is 0.244. The van der Waals surface area contributed by atoms with Gasteiger partial charge in [0.15, 0.2) is 0 Å². The second-order valence-electron chi connectivity index (χ2n) is 8.29. The van der Waals surface area contributed by atoms with E-state index in [1.165, 1.54) is 40.5 Å². The minimum Gasteiger partial charge on any atom is -0.507 e. The van der Waals surface area contributed by atoms with E-state index < -0.39 is 22.7 Å². The molecular weight excluding hydrogens is 482 g/mol. The second-order valence-corrected chi connectivity index (χ2v) is 9.27. The molecule has 0 radical (unpaired) electrons. The molecule has 3 heterocycles. The van der Waals surface area contributed by atoms with Crippen LogP contribution in [0.1, 0.15) is 22.0 Å². The van der Waals surface area contributed by atoms with Crippen LogP contribution >= 0.6 is 11.3 Å². The van der Waals surface area contributed by atoms with E-state index in [9.17, 15) is 24.8 Å². The average molecular weight is 504 g/mol. The van der Waals surface area contributed by atoms with Gasteiger partial charge in [0, 0.05) is 46.2 Å². The maximum absolute atomic E-state index is 13.1. The number of carbonyl (C=O) groups is 2. The molecule has 2 N–H and O–H groups in total. The molecule has 0 spiro atoms. The number of nitro groups is 1. The highest BCUT2D eigenvalue weighted by atomic mass is 32.1. The van der Waals surface area contributed by atoms with Gasteiger partial charge in [-0.3, -0.25) is 19.7 Å². The molecule has 1 saturated heterocycles. The molecule has 1 amide bonds. The van der Waals surface area contributed by atoms with Crippen molar-refractivity contribution >= 4 is 45.4 Å². The number of aliphatic hydroxyl groups is 1. The Balaban J connectivity index is 1.51. The Kier molecular flexibility index (Phi) is 6.03. The number of H-pyrrole nitrogens is 1. The fourth-order valence-electron chi connectivity index (χ4n) is 4.48. The van der Waals surface area contributed by atoms with Gasteiger partial charge in [-0.25, -0.2) is 0 Å². The highest BCUT2D eigenvalue weighted by Crippen LogP contribution is 2.41. The molecule has 10 heteroatoms. The summed E-state index contributed by atoms with van der Waals surface area (Å²) in [7, 11) is 1.60. The van der Waals surface area contributed by atoms with Crippen molar-refractivity contribution in [2.45, 2.75) is 12.5 Å². The van der Waals surface area contributed by atoms with Crippen molar-refractivity contribution in [3.05, 3.63) is 97.9 Å². The molecule has 0 aliphatic carbocycles. The molecule has 182 valence electrons. The Hall–Kier alpha value is -4.44. The van der Waals surface area contributed by atoms with E-state index in [1.54, 1.807) is 7.11 Å². The Morgan fingerprint density at radius 1 is 1.19 bits per heavy atom. The lowest BCUT2D eigenvalue weighted by Crippen LogP contribution is -2.31. The Morgan fingerprint density at radius 3 is 2.64 bits per heavy atom. The number of thiophene rings is 1. The summed E-state index contributed by atoms with van der Waals surface area (Å²) in [5.74, 6) is -1.13. The smallest absolute Gasteiger partial charge is 0.295 e. The number of aromatic amines is 1. The molecule has 1 atom stereocenters. The van der Waals surface area contributed by atoms with Crippen molar-refractivity contribution in [3.8, 4) is 5.75 Å². The number of Topliss-reactive ketones (excluding diaryl/α,β-unsaturated/α-hetero) is 1.